The van der Waals surface area contributed by atoms with Crippen LogP contribution < -0.4 is 0 Å². The van der Waals surface area contributed by atoms with Gasteiger partial charge in [-0.15, -0.1) is 11.3 Å². The van der Waals surface area contributed by atoms with E-state index >= 15 is 0 Å². The largest absolute Gasteiger partial charge is 0.320 e. The van der Waals surface area contributed by atoms with E-state index in [4.69, 9.17) is 9.73 Å². The Balaban J connectivity index is 1.44. The number of rotatable bonds is 4. The zero-order valence-electron chi connectivity index (χ0n) is 18.1. The first-order valence-corrected chi connectivity index (χ1v) is 12.2. The zero-order valence-corrected chi connectivity index (χ0v) is 18.9. The van der Waals surface area contributed by atoms with Crippen molar-refractivity contribution in [1.29, 1.82) is 0 Å². The Labute approximate surface area is 192 Å². The van der Waals surface area contributed by atoms with Crippen LogP contribution in [0.3, 0.4) is 0 Å². The van der Waals surface area contributed by atoms with Gasteiger partial charge in [0.2, 0.25) is 5.91 Å². The first kappa shape index (κ1) is 19.9. The standard InChI is InChI=1S/C27H26N2O2S/c1-18-21(20-11-6-3-7-12-20)15-24-27(31-25(28-24)23-13-8-14-32-23)16-22(18)26(30)29(27)17-19-9-4-2-5-10-19/h2-14,18,21-22,25H,15-17H2,1H3/t18-,21+,22+,25-,27+/m1/s1. The van der Waals surface area contributed by atoms with E-state index in [-0.39, 0.29) is 29.9 Å². The lowest BCUT2D eigenvalue weighted by Crippen LogP contribution is -2.52. The highest BCUT2D eigenvalue weighted by molar-refractivity contribution is 7.10. The van der Waals surface area contributed by atoms with Gasteiger partial charge in [-0.1, -0.05) is 73.7 Å². The van der Waals surface area contributed by atoms with Gasteiger partial charge in [-0.05, 0) is 40.8 Å². The molecular weight excluding hydrogens is 416 g/mol. The number of likely N-dealkylation sites (tertiary alicyclic amines) is 1. The molecule has 2 fully saturated rings. The number of hydrogen-bond acceptors (Lipinski definition) is 4. The van der Waals surface area contributed by atoms with E-state index in [0.29, 0.717) is 13.0 Å². The van der Waals surface area contributed by atoms with E-state index in [9.17, 15) is 4.79 Å². The van der Waals surface area contributed by atoms with Gasteiger partial charge in [-0.3, -0.25) is 9.79 Å². The van der Waals surface area contributed by atoms with Crippen molar-refractivity contribution in [2.24, 2.45) is 16.8 Å². The first-order valence-electron chi connectivity index (χ1n) is 11.3. The van der Waals surface area contributed by atoms with Crippen LogP contribution in [0.4, 0.5) is 0 Å². The van der Waals surface area contributed by atoms with Crippen molar-refractivity contribution in [3.8, 4) is 0 Å². The third-order valence-electron chi connectivity index (χ3n) is 7.43. The summed E-state index contributed by atoms with van der Waals surface area (Å²) in [7, 11) is 0. The van der Waals surface area contributed by atoms with E-state index < -0.39 is 5.72 Å². The number of benzene rings is 2. The van der Waals surface area contributed by atoms with Gasteiger partial charge in [0.1, 0.15) is 0 Å². The Kier molecular flexibility index (Phi) is 4.77. The number of thiophene rings is 1. The Hall–Kier alpha value is -2.76. The van der Waals surface area contributed by atoms with Gasteiger partial charge in [0.25, 0.3) is 0 Å². The van der Waals surface area contributed by atoms with Crippen molar-refractivity contribution in [2.45, 2.75) is 44.2 Å². The lowest BCUT2D eigenvalue weighted by atomic mass is 9.78. The summed E-state index contributed by atoms with van der Waals surface area (Å²) in [5.41, 5.74) is 2.69. The number of fused-ring (bicyclic) bond motifs is 1. The molecule has 0 N–H and O–H groups in total. The molecule has 3 aliphatic rings. The second-order valence-electron chi connectivity index (χ2n) is 9.15. The molecule has 2 aliphatic heterocycles. The predicted octanol–water partition coefficient (Wildman–Crippen LogP) is 5.79. The average molecular weight is 443 g/mol. The SMILES string of the molecule is C[C@H]1[C@@H]2C[C@@]3(O[C@H](c4cccs4)N=C3C[C@@H]1c1ccccc1)N(Cc1ccccc1)C2=O. The number of aliphatic imine (C=N–C) groups is 1. The molecule has 3 aromatic rings. The van der Waals surface area contributed by atoms with Crippen molar-refractivity contribution in [1.82, 2.24) is 4.90 Å². The van der Waals surface area contributed by atoms with Gasteiger partial charge < -0.3 is 9.64 Å². The molecule has 2 aromatic carbocycles. The lowest BCUT2D eigenvalue weighted by molar-refractivity contribution is -0.150. The number of hydrogen-bond donors (Lipinski definition) is 0. The van der Waals surface area contributed by atoms with Gasteiger partial charge >= 0.3 is 0 Å². The van der Waals surface area contributed by atoms with Crippen molar-refractivity contribution in [2.75, 3.05) is 0 Å². The molecule has 0 radical (unpaired) electrons. The molecule has 0 unspecified atom stereocenters. The highest BCUT2D eigenvalue weighted by Crippen LogP contribution is 2.54. The molecule has 2 bridgehead atoms. The van der Waals surface area contributed by atoms with Gasteiger partial charge in [0.15, 0.2) is 12.0 Å². The van der Waals surface area contributed by atoms with E-state index in [1.807, 2.05) is 35.2 Å². The summed E-state index contributed by atoms with van der Waals surface area (Å²) in [5.74, 6) is 0.607. The smallest absolute Gasteiger partial charge is 0.229 e. The molecule has 1 saturated carbocycles. The summed E-state index contributed by atoms with van der Waals surface area (Å²) < 4.78 is 6.77. The third-order valence-corrected chi connectivity index (χ3v) is 8.33. The molecule has 4 nitrogen and oxygen atoms in total. The number of carbonyl (C=O) groups excluding carboxylic acids is 1. The van der Waals surface area contributed by atoms with Crippen LogP contribution in [0, 0.1) is 11.8 Å². The van der Waals surface area contributed by atoms with E-state index in [1.54, 1.807) is 11.3 Å². The Morgan fingerprint density at radius 1 is 1.03 bits per heavy atom. The molecule has 5 atom stereocenters. The second-order valence-corrected chi connectivity index (χ2v) is 10.1. The summed E-state index contributed by atoms with van der Waals surface area (Å²) in [6.45, 7) is 2.79. The summed E-state index contributed by atoms with van der Waals surface area (Å²) >= 11 is 1.66. The second kappa shape index (κ2) is 7.68. The molecule has 5 heteroatoms. The molecule has 1 aromatic heterocycles. The fourth-order valence-electron chi connectivity index (χ4n) is 5.72. The normalized spacial score (nSPS) is 31.3. The highest BCUT2D eigenvalue weighted by Gasteiger charge is 2.62. The molecule has 32 heavy (non-hydrogen) atoms. The quantitative estimate of drug-likeness (QED) is 0.513. The van der Waals surface area contributed by atoms with Crippen LogP contribution >= 0.6 is 11.3 Å². The number of carbonyl (C=O) groups is 1. The Morgan fingerprint density at radius 3 is 2.50 bits per heavy atom. The van der Waals surface area contributed by atoms with Gasteiger partial charge in [0.05, 0.1) is 10.6 Å². The van der Waals surface area contributed by atoms with Crippen molar-refractivity contribution in [3.63, 3.8) is 0 Å². The lowest BCUT2D eigenvalue weighted by Gasteiger charge is -2.37. The van der Waals surface area contributed by atoms with Crippen LogP contribution in [0.15, 0.2) is 83.2 Å². The number of nitrogens with zero attached hydrogens (tertiary/aromatic N) is 2. The van der Waals surface area contributed by atoms with Crippen LogP contribution in [0.5, 0.6) is 0 Å². The maximum absolute atomic E-state index is 13.9. The summed E-state index contributed by atoms with van der Waals surface area (Å²) in [5, 5.41) is 2.06. The minimum atomic E-state index is -0.746. The maximum Gasteiger partial charge on any atom is 0.229 e. The van der Waals surface area contributed by atoms with Crippen LogP contribution in [-0.2, 0) is 16.1 Å². The Morgan fingerprint density at radius 2 is 1.78 bits per heavy atom. The van der Waals surface area contributed by atoms with E-state index in [2.05, 4.69) is 54.8 Å². The molecule has 1 aliphatic carbocycles. The van der Waals surface area contributed by atoms with Crippen LogP contribution in [-0.4, -0.2) is 22.2 Å². The van der Waals surface area contributed by atoms with Crippen LogP contribution in [0.25, 0.3) is 0 Å². The van der Waals surface area contributed by atoms with Crippen molar-refractivity contribution in [3.05, 3.63) is 94.2 Å². The average Bonchev–Trinajstić information content (AvgIpc) is 3.52. The predicted molar refractivity (Wildman–Crippen MR) is 126 cm³/mol. The van der Waals surface area contributed by atoms with Crippen molar-refractivity contribution < 1.29 is 9.53 Å². The number of amides is 1. The highest BCUT2D eigenvalue weighted by atomic mass is 32.1. The monoisotopic (exact) mass is 442 g/mol. The molecule has 6 rings (SSSR count). The fourth-order valence-corrected chi connectivity index (χ4v) is 6.41. The fraction of sp³-hybridized carbons (Fsp3) is 0.333. The minimum absolute atomic E-state index is 0.0706. The maximum atomic E-state index is 13.9. The summed E-state index contributed by atoms with van der Waals surface area (Å²) in [6.07, 6.45) is 1.17. The summed E-state index contributed by atoms with van der Waals surface area (Å²) in [4.78, 5) is 22.1. The summed E-state index contributed by atoms with van der Waals surface area (Å²) in [6, 6.07) is 24.9. The minimum Gasteiger partial charge on any atom is -0.320 e. The Bertz CT molecular complexity index is 1140. The molecular formula is C27H26N2O2S. The van der Waals surface area contributed by atoms with E-state index in [1.165, 1.54) is 5.56 Å². The molecule has 1 saturated heterocycles. The molecule has 1 amide bonds. The number of ether oxygens (including phenoxy) is 1. The zero-order chi connectivity index (χ0) is 21.7. The first-order chi connectivity index (χ1) is 15.7. The molecule has 1 spiro atoms. The van der Waals surface area contributed by atoms with Gasteiger partial charge in [-0.25, -0.2) is 0 Å². The van der Waals surface area contributed by atoms with E-state index in [0.717, 1.165) is 22.6 Å². The van der Waals surface area contributed by atoms with Gasteiger partial charge in [0, 0.05) is 18.9 Å². The van der Waals surface area contributed by atoms with Gasteiger partial charge in [-0.2, -0.15) is 0 Å². The van der Waals surface area contributed by atoms with Crippen LogP contribution in [0.2, 0.25) is 0 Å². The third kappa shape index (κ3) is 3.06. The molecule has 3 heterocycles. The van der Waals surface area contributed by atoms with Crippen molar-refractivity contribution >= 4 is 23.0 Å². The van der Waals surface area contributed by atoms with Crippen LogP contribution in [0.1, 0.15) is 47.9 Å². The topological polar surface area (TPSA) is 41.9 Å². The molecule has 162 valence electrons.